The number of anilines is 1. The molecule has 5 heterocycles. The second-order valence-corrected chi connectivity index (χ2v) is 15.1. The number of carboxylic acids is 1. The maximum Gasteiger partial charge on any atom is 0.327 e. The van der Waals surface area contributed by atoms with Crippen molar-refractivity contribution in [3.8, 4) is 0 Å². The summed E-state index contributed by atoms with van der Waals surface area (Å²) in [7, 11) is 0. The fraction of sp³-hybridized carbons (Fsp3) is 0.424. The summed E-state index contributed by atoms with van der Waals surface area (Å²) in [6, 6.07) is 7.16. The zero-order chi connectivity index (χ0) is 33.2. The van der Waals surface area contributed by atoms with Crippen molar-refractivity contribution in [2.24, 2.45) is 0 Å². The molecule has 12 nitrogen and oxygen atoms in total. The molecule has 3 aromatic rings. The highest BCUT2D eigenvalue weighted by atomic mass is 35.5. The van der Waals surface area contributed by atoms with E-state index in [0.29, 0.717) is 12.1 Å². The lowest BCUT2D eigenvalue weighted by atomic mass is 9.95. The molecule has 0 aliphatic carbocycles. The van der Waals surface area contributed by atoms with Gasteiger partial charge in [0.25, 0.3) is 5.91 Å². The Kier molecular flexibility index (Phi) is 7.96. The molecular weight excluding hydrogens is 644 g/mol. The highest BCUT2D eigenvalue weighted by Crippen LogP contribution is 2.50. The van der Waals surface area contributed by atoms with Crippen molar-refractivity contribution in [1.82, 2.24) is 25.4 Å². The van der Waals surface area contributed by atoms with Gasteiger partial charge in [-0.2, -0.15) is 0 Å². The molecule has 3 saturated heterocycles. The van der Waals surface area contributed by atoms with Gasteiger partial charge in [-0.25, -0.2) is 4.79 Å². The molecule has 7 rings (SSSR count). The van der Waals surface area contributed by atoms with Gasteiger partial charge in [-0.15, -0.1) is 11.8 Å². The van der Waals surface area contributed by atoms with E-state index in [0.717, 1.165) is 55.8 Å². The monoisotopic (exact) mass is 678 g/mol. The molecule has 0 spiro atoms. The lowest BCUT2D eigenvalue weighted by Crippen LogP contribution is -2.71. The summed E-state index contributed by atoms with van der Waals surface area (Å²) in [4.78, 5) is 70.3. The van der Waals surface area contributed by atoms with Crippen LogP contribution in [0.4, 0.5) is 5.69 Å². The van der Waals surface area contributed by atoms with Crippen LogP contribution in [0, 0.1) is 0 Å². The Hall–Kier alpha value is -4.07. The molecule has 246 valence electrons. The van der Waals surface area contributed by atoms with Crippen LogP contribution in [0.1, 0.15) is 47.8 Å². The number of rotatable bonds is 7. The Morgan fingerprint density at radius 2 is 1.83 bits per heavy atom. The maximum atomic E-state index is 14.0. The quantitative estimate of drug-likeness (QED) is 0.275. The number of fused-ring (bicyclic) bond motifs is 1. The number of carbonyl (C=O) groups is 4. The second-order valence-electron chi connectivity index (χ2n) is 12.9. The highest BCUT2D eigenvalue weighted by Gasteiger charge is 2.64. The normalized spacial score (nSPS) is 23.6. The number of pyridine rings is 1. The van der Waals surface area contributed by atoms with E-state index in [1.54, 1.807) is 50.4 Å². The summed E-state index contributed by atoms with van der Waals surface area (Å²) in [6.07, 6.45) is 3.17. The molecular formula is C33H35ClN6O6S. The number of hydrogen-bond acceptors (Lipinski definition) is 8. The summed E-state index contributed by atoms with van der Waals surface area (Å²) in [5.74, 6) is -3.00. The van der Waals surface area contributed by atoms with E-state index in [1.807, 2.05) is 10.6 Å². The molecule has 0 radical (unpaired) electrons. The van der Waals surface area contributed by atoms with E-state index in [1.165, 1.54) is 16.7 Å². The second kappa shape index (κ2) is 11.9. The van der Waals surface area contributed by atoms with Crippen LogP contribution in [0.3, 0.4) is 0 Å². The van der Waals surface area contributed by atoms with Crippen molar-refractivity contribution in [3.05, 3.63) is 74.5 Å². The van der Waals surface area contributed by atoms with Crippen molar-refractivity contribution < 1.29 is 24.3 Å². The first-order valence-electron chi connectivity index (χ1n) is 15.7. The van der Waals surface area contributed by atoms with Gasteiger partial charge in [-0.05, 0) is 38.3 Å². The zero-order valence-electron chi connectivity index (χ0n) is 25.9. The molecule has 4 unspecified atom stereocenters. The molecule has 47 heavy (non-hydrogen) atoms. The summed E-state index contributed by atoms with van der Waals surface area (Å²) < 4.78 is 1.16. The zero-order valence-corrected chi connectivity index (χ0v) is 27.5. The van der Waals surface area contributed by atoms with Crippen molar-refractivity contribution in [1.29, 1.82) is 0 Å². The first kappa shape index (κ1) is 31.5. The van der Waals surface area contributed by atoms with Crippen molar-refractivity contribution in [2.45, 2.75) is 61.5 Å². The predicted molar refractivity (Wildman–Crippen MR) is 179 cm³/mol. The van der Waals surface area contributed by atoms with Crippen molar-refractivity contribution >= 4 is 63.6 Å². The standard InChI is InChI=1S/C33H35ClN6O6S/c1-33(2)27(32(45)46)40-30(44)24(31(40)47-33)37-29(43)23(17-7-4-3-5-8-17)36-28(42)19-16-39-12-6-9-18-21(38-13-10-35-11-14-38)15-20(34)22(25(18)39)26(19)41/h3-5,7-8,15-16,23-24,27,31,35H,6,9-14H2,1-2H3,(H,36,42)(H,37,43)(H,45,46). The summed E-state index contributed by atoms with van der Waals surface area (Å²) in [5, 5.41) is 18.6. The molecule has 4 aliphatic rings. The first-order chi connectivity index (χ1) is 22.5. The molecule has 0 bridgehead atoms. The van der Waals surface area contributed by atoms with Crippen LogP contribution in [0.2, 0.25) is 5.02 Å². The number of benzene rings is 2. The van der Waals surface area contributed by atoms with Crippen molar-refractivity contribution in [2.75, 3.05) is 31.1 Å². The van der Waals surface area contributed by atoms with Crippen LogP contribution in [0.15, 0.2) is 47.4 Å². The maximum absolute atomic E-state index is 14.0. The van der Waals surface area contributed by atoms with Gasteiger partial charge < -0.3 is 35.4 Å². The molecule has 1 aromatic heterocycles. The van der Waals surface area contributed by atoms with Gasteiger partial charge in [-0.3, -0.25) is 19.2 Å². The number of thioether (sulfide) groups is 1. The van der Waals surface area contributed by atoms with E-state index in [2.05, 4.69) is 20.9 Å². The average Bonchev–Trinajstić information content (AvgIpc) is 3.32. The van der Waals surface area contributed by atoms with Gasteiger partial charge in [0.2, 0.25) is 17.2 Å². The van der Waals surface area contributed by atoms with Crippen LogP contribution in [-0.4, -0.2) is 86.6 Å². The van der Waals surface area contributed by atoms with Crippen molar-refractivity contribution in [3.63, 3.8) is 0 Å². The van der Waals surface area contributed by atoms with E-state index < -0.39 is 57.4 Å². The highest BCUT2D eigenvalue weighted by molar-refractivity contribution is 8.01. The lowest BCUT2D eigenvalue weighted by Gasteiger charge is -2.44. The Labute approximate surface area is 279 Å². The third kappa shape index (κ3) is 5.24. The minimum Gasteiger partial charge on any atom is -0.480 e. The van der Waals surface area contributed by atoms with E-state index in [9.17, 15) is 29.1 Å². The van der Waals surface area contributed by atoms with Gasteiger partial charge in [-0.1, -0.05) is 41.9 Å². The number of halogens is 1. The number of amides is 3. The number of carbonyl (C=O) groups excluding carboxylic acids is 3. The molecule has 4 atom stereocenters. The molecule has 3 amide bonds. The Bertz CT molecular complexity index is 1880. The Morgan fingerprint density at radius 3 is 2.53 bits per heavy atom. The topological polar surface area (TPSA) is 153 Å². The number of nitrogens with zero attached hydrogens (tertiary/aromatic N) is 3. The molecule has 14 heteroatoms. The van der Waals surface area contributed by atoms with Crippen LogP contribution >= 0.6 is 23.4 Å². The third-order valence-electron chi connectivity index (χ3n) is 9.55. The number of aliphatic carboxylic acids is 1. The number of aryl methyl sites for hydroxylation is 2. The number of β-lactam (4-membered cyclic amide) rings is 1. The van der Waals surface area contributed by atoms with Gasteiger partial charge >= 0.3 is 5.97 Å². The number of nitrogens with one attached hydrogen (secondary N) is 3. The predicted octanol–water partition coefficient (Wildman–Crippen LogP) is 2.11. The minimum atomic E-state index is -1.24. The van der Waals surface area contributed by atoms with Crippen LogP contribution in [-0.2, 0) is 27.3 Å². The van der Waals surface area contributed by atoms with E-state index >= 15 is 0 Å². The van der Waals surface area contributed by atoms with Gasteiger partial charge in [0.1, 0.15) is 29.1 Å². The van der Waals surface area contributed by atoms with Gasteiger partial charge in [0.15, 0.2) is 0 Å². The fourth-order valence-corrected chi connectivity index (χ4v) is 9.25. The number of piperazine rings is 1. The largest absolute Gasteiger partial charge is 0.480 e. The van der Waals surface area contributed by atoms with Crippen LogP contribution in [0.25, 0.3) is 10.9 Å². The van der Waals surface area contributed by atoms with Gasteiger partial charge in [0.05, 0.1) is 15.9 Å². The SMILES string of the molecule is CC1(C)SC2C(NC(=O)C(NC(=O)c3cn4c5c(c(N6CCNCC6)cc(Cl)c5c3=O)CCC4)c3ccccc3)C(=O)N2C1C(=O)O. The Balaban J connectivity index is 1.19. The Morgan fingerprint density at radius 1 is 1.11 bits per heavy atom. The summed E-state index contributed by atoms with van der Waals surface area (Å²) in [5.41, 5.74) is 2.58. The minimum absolute atomic E-state index is 0.140. The molecule has 2 aromatic carbocycles. The molecule has 4 aliphatic heterocycles. The number of carboxylic acid groups (broad SMARTS) is 1. The van der Waals surface area contributed by atoms with E-state index in [-0.39, 0.29) is 16.0 Å². The summed E-state index contributed by atoms with van der Waals surface area (Å²) in [6.45, 7) is 7.46. The van der Waals surface area contributed by atoms with E-state index in [4.69, 9.17) is 11.6 Å². The number of hydrogen-bond donors (Lipinski definition) is 4. The van der Waals surface area contributed by atoms with Gasteiger partial charge in [0, 0.05) is 54.9 Å². The lowest BCUT2D eigenvalue weighted by molar-refractivity contribution is -0.161. The summed E-state index contributed by atoms with van der Waals surface area (Å²) >= 11 is 8.11. The fourth-order valence-electron chi connectivity index (χ4n) is 7.35. The first-order valence-corrected chi connectivity index (χ1v) is 17.0. The third-order valence-corrected chi connectivity index (χ3v) is 11.4. The molecule has 3 fully saturated rings. The smallest absolute Gasteiger partial charge is 0.327 e. The average molecular weight is 679 g/mol. The molecule has 0 saturated carbocycles. The molecule has 4 N–H and O–H groups in total. The number of aromatic nitrogens is 1. The van der Waals surface area contributed by atoms with Crippen LogP contribution < -0.4 is 26.3 Å². The van der Waals surface area contributed by atoms with Crippen LogP contribution in [0.5, 0.6) is 0 Å².